The Morgan fingerprint density at radius 3 is 2.55 bits per heavy atom. The third kappa shape index (κ3) is 3.30. The second kappa shape index (κ2) is 6.91. The van der Waals surface area contributed by atoms with Crippen LogP contribution in [0.2, 0.25) is 0 Å². The van der Waals surface area contributed by atoms with Gasteiger partial charge in [0.15, 0.2) is 0 Å². The molecule has 1 amide bonds. The van der Waals surface area contributed by atoms with Crippen LogP contribution in [-0.4, -0.2) is 73.8 Å². The molecule has 3 rings (SSSR count). The van der Waals surface area contributed by atoms with Crippen molar-refractivity contribution < 1.29 is 9.53 Å². The van der Waals surface area contributed by atoms with Crippen molar-refractivity contribution in [3.8, 4) is 0 Å². The second-order valence-electron chi connectivity index (χ2n) is 5.71. The highest BCUT2D eigenvalue weighted by molar-refractivity contribution is 5.77. The van der Waals surface area contributed by atoms with E-state index in [4.69, 9.17) is 9.72 Å². The summed E-state index contributed by atoms with van der Waals surface area (Å²) in [5, 5.41) is 0. The van der Waals surface area contributed by atoms with Crippen molar-refractivity contribution in [2.45, 2.75) is 12.8 Å². The molecule has 2 aliphatic rings. The van der Waals surface area contributed by atoms with E-state index in [-0.39, 0.29) is 12.5 Å². The fraction of sp³-hybridized carbons (Fsp3) is 0.667. The average molecular weight is 305 g/mol. The number of ether oxygens (including phenoxy) is 1. The Labute approximate surface area is 130 Å². The largest absolute Gasteiger partial charge is 0.375 e. The molecule has 2 saturated heterocycles. The molecule has 1 aromatic rings. The zero-order valence-electron chi connectivity index (χ0n) is 13.1. The second-order valence-corrected chi connectivity index (χ2v) is 5.71. The maximum atomic E-state index is 11.8. The van der Waals surface area contributed by atoms with Crippen molar-refractivity contribution in [1.82, 2.24) is 14.9 Å². The van der Waals surface area contributed by atoms with Gasteiger partial charge in [-0.25, -0.2) is 4.98 Å². The number of hydrogen-bond donors (Lipinski definition) is 0. The first kappa shape index (κ1) is 15.0. The van der Waals surface area contributed by atoms with Crippen LogP contribution in [0, 0.1) is 0 Å². The Morgan fingerprint density at radius 1 is 1.14 bits per heavy atom. The van der Waals surface area contributed by atoms with Gasteiger partial charge in [-0.2, -0.15) is 4.98 Å². The lowest BCUT2D eigenvalue weighted by molar-refractivity contribution is -0.135. The molecule has 7 nitrogen and oxygen atoms in total. The van der Waals surface area contributed by atoms with Gasteiger partial charge in [-0.05, 0) is 18.9 Å². The van der Waals surface area contributed by atoms with E-state index in [9.17, 15) is 4.79 Å². The van der Waals surface area contributed by atoms with Crippen LogP contribution in [0.5, 0.6) is 0 Å². The minimum Gasteiger partial charge on any atom is -0.375 e. The van der Waals surface area contributed by atoms with Gasteiger partial charge in [0.05, 0.1) is 0 Å². The molecule has 0 aliphatic carbocycles. The van der Waals surface area contributed by atoms with Crippen molar-refractivity contribution in [2.75, 3.05) is 62.8 Å². The SMILES string of the molecule is COCC(=O)N1CCN(c2ccnc(N3CCCC3)n2)CC1. The number of methoxy groups -OCH3 is 1. The van der Waals surface area contributed by atoms with Crippen molar-refractivity contribution in [3.05, 3.63) is 12.3 Å². The predicted molar refractivity (Wildman–Crippen MR) is 84.1 cm³/mol. The van der Waals surface area contributed by atoms with Crippen LogP contribution in [-0.2, 0) is 9.53 Å². The third-order valence-corrected chi connectivity index (χ3v) is 4.24. The van der Waals surface area contributed by atoms with Crippen molar-refractivity contribution in [1.29, 1.82) is 0 Å². The first-order valence-corrected chi connectivity index (χ1v) is 7.87. The van der Waals surface area contributed by atoms with Gasteiger partial charge in [0.25, 0.3) is 0 Å². The Balaban J connectivity index is 1.61. The summed E-state index contributed by atoms with van der Waals surface area (Å²) in [4.78, 5) is 27.2. The molecule has 0 bridgehead atoms. The molecule has 3 heterocycles. The Kier molecular flexibility index (Phi) is 4.72. The highest BCUT2D eigenvalue weighted by Crippen LogP contribution is 2.19. The van der Waals surface area contributed by atoms with Gasteiger partial charge >= 0.3 is 0 Å². The number of anilines is 2. The van der Waals surface area contributed by atoms with Crippen LogP contribution in [0.25, 0.3) is 0 Å². The van der Waals surface area contributed by atoms with Crippen LogP contribution >= 0.6 is 0 Å². The zero-order chi connectivity index (χ0) is 15.4. The number of hydrogen-bond acceptors (Lipinski definition) is 6. The third-order valence-electron chi connectivity index (χ3n) is 4.24. The molecule has 0 aromatic carbocycles. The molecule has 0 unspecified atom stereocenters. The van der Waals surface area contributed by atoms with Gasteiger partial charge < -0.3 is 19.4 Å². The Hall–Kier alpha value is -1.89. The molecule has 7 heteroatoms. The summed E-state index contributed by atoms with van der Waals surface area (Å²) in [5.41, 5.74) is 0. The monoisotopic (exact) mass is 305 g/mol. The highest BCUT2D eigenvalue weighted by Gasteiger charge is 2.22. The van der Waals surface area contributed by atoms with E-state index in [1.165, 1.54) is 12.8 Å². The molecule has 1 aromatic heterocycles. The minimum atomic E-state index is 0.0580. The molecule has 0 spiro atoms. The van der Waals surface area contributed by atoms with Gasteiger partial charge in [-0.1, -0.05) is 0 Å². The highest BCUT2D eigenvalue weighted by atomic mass is 16.5. The van der Waals surface area contributed by atoms with E-state index in [1.807, 2.05) is 17.2 Å². The van der Waals surface area contributed by atoms with E-state index in [0.29, 0.717) is 13.1 Å². The molecule has 0 radical (unpaired) electrons. The topological polar surface area (TPSA) is 61.8 Å². The minimum absolute atomic E-state index is 0.0580. The van der Waals surface area contributed by atoms with Gasteiger partial charge in [0.1, 0.15) is 12.4 Å². The first-order valence-electron chi connectivity index (χ1n) is 7.87. The number of aromatic nitrogens is 2. The summed E-state index contributed by atoms with van der Waals surface area (Å²) in [6.07, 6.45) is 4.26. The van der Waals surface area contributed by atoms with Crippen LogP contribution in [0.15, 0.2) is 12.3 Å². The molecule has 2 aliphatic heterocycles. The molecule has 0 N–H and O–H groups in total. The number of amides is 1. The Morgan fingerprint density at radius 2 is 1.86 bits per heavy atom. The van der Waals surface area contributed by atoms with Crippen molar-refractivity contribution in [3.63, 3.8) is 0 Å². The smallest absolute Gasteiger partial charge is 0.248 e. The van der Waals surface area contributed by atoms with E-state index < -0.39 is 0 Å². The number of carbonyl (C=O) groups excluding carboxylic acids is 1. The van der Waals surface area contributed by atoms with Crippen LogP contribution in [0.3, 0.4) is 0 Å². The number of nitrogens with zero attached hydrogens (tertiary/aromatic N) is 5. The van der Waals surface area contributed by atoms with Crippen LogP contribution in [0.4, 0.5) is 11.8 Å². The predicted octanol–water partition coefficient (Wildman–Crippen LogP) is 0.372. The van der Waals surface area contributed by atoms with Crippen molar-refractivity contribution in [2.24, 2.45) is 0 Å². The maximum Gasteiger partial charge on any atom is 0.248 e. The summed E-state index contributed by atoms with van der Waals surface area (Å²) in [5.74, 6) is 1.84. The van der Waals surface area contributed by atoms with Gasteiger partial charge in [-0.3, -0.25) is 4.79 Å². The van der Waals surface area contributed by atoms with E-state index in [1.54, 1.807) is 7.11 Å². The lowest BCUT2D eigenvalue weighted by atomic mass is 10.3. The quantitative estimate of drug-likeness (QED) is 0.801. The average Bonchev–Trinajstić information content (AvgIpc) is 3.10. The summed E-state index contributed by atoms with van der Waals surface area (Å²) >= 11 is 0. The molecule has 0 saturated carbocycles. The molecule has 2 fully saturated rings. The number of rotatable bonds is 4. The summed E-state index contributed by atoms with van der Waals surface area (Å²) < 4.78 is 4.91. The lowest BCUT2D eigenvalue weighted by Gasteiger charge is -2.35. The van der Waals surface area contributed by atoms with Crippen LogP contribution < -0.4 is 9.80 Å². The standard InChI is InChI=1S/C15H23N5O2/c1-22-12-14(21)19-10-8-18(9-11-19)13-4-5-16-15(17-13)20-6-2-3-7-20/h4-5H,2-3,6-12H2,1H3. The molecular weight excluding hydrogens is 282 g/mol. The van der Waals surface area contributed by atoms with Gasteiger partial charge in [0, 0.05) is 52.6 Å². The zero-order valence-corrected chi connectivity index (χ0v) is 13.1. The van der Waals surface area contributed by atoms with Crippen molar-refractivity contribution >= 4 is 17.7 Å². The van der Waals surface area contributed by atoms with E-state index in [2.05, 4.69) is 14.8 Å². The van der Waals surface area contributed by atoms with E-state index >= 15 is 0 Å². The molecular formula is C15H23N5O2. The molecule has 22 heavy (non-hydrogen) atoms. The lowest BCUT2D eigenvalue weighted by Crippen LogP contribution is -2.50. The summed E-state index contributed by atoms with van der Waals surface area (Å²) in [6.45, 7) is 5.27. The Bertz CT molecular complexity index is 510. The van der Waals surface area contributed by atoms with E-state index in [0.717, 1.165) is 37.9 Å². The molecule has 0 atom stereocenters. The summed E-state index contributed by atoms with van der Waals surface area (Å²) in [6, 6.07) is 1.95. The molecule has 120 valence electrons. The van der Waals surface area contributed by atoms with Gasteiger partial charge in [0.2, 0.25) is 11.9 Å². The normalized spacial score (nSPS) is 18.9. The van der Waals surface area contributed by atoms with Gasteiger partial charge in [-0.15, -0.1) is 0 Å². The maximum absolute atomic E-state index is 11.8. The first-order chi connectivity index (χ1) is 10.8. The summed E-state index contributed by atoms with van der Waals surface area (Å²) in [7, 11) is 1.55. The fourth-order valence-electron chi connectivity index (χ4n) is 2.98. The number of piperazine rings is 1. The van der Waals surface area contributed by atoms with Crippen LogP contribution in [0.1, 0.15) is 12.8 Å². The number of carbonyl (C=O) groups is 1. The fourth-order valence-corrected chi connectivity index (χ4v) is 2.98.